The van der Waals surface area contributed by atoms with Gasteiger partial charge in [-0.2, -0.15) is 5.10 Å². The molecule has 0 amide bonds. The van der Waals surface area contributed by atoms with Crippen molar-refractivity contribution < 1.29 is 14.6 Å². The van der Waals surface area contributed by atoms with Crippen LogP contribution in [0.3, 0.4) is 0 Å². The van der Waals surface area contributed by atoms with E-state index in [1.54, 1.807) is 6.07 Å². The Labute approximate surface area is 167 Å². The lowest BCUT2D eigenvalue weighted by Gasteiger charge is -2.09. The molecule has 0 unspecified atom stereocenters. The number of aliphatic carboxylic acids is 1. The maximum absolute atomic E-state index is 12.6. The fraction of sp³-hybridized carbons (Fsp3) is 0.167. The van der Waals surface area contributed by atoms with E-state index in [0.29, 0.717) is 11.6 Å². The number of para-hydroxylation sites is 1. The summed E-state index contributed by atoms with van der Waals surface area (Å²) in [5, 5.41) is 12.9. The van der Waals surface area contributed by atoms with Crippen molar-refractivity contribution in [2.24, 2.45) is 0 Å². The summed E-state index contributed by atoms with van der Waals surface area (Å²) >= 11 is 4.89. The monoisotopic (exact) mass is 449 g/mol. The lowest BCUT2D eigenvalue weighted by atomic mass is 10.2. The molecule has 1 aromatic heterocycles. The van der Waals surface area contributed by atoms with Crippen molar-refractivity contribution in [2.45, 2.75) is 17.7 Å². The summed E-state index contributed by atoms with van der Waals surface area (Å²) in [6.07, 6.45) is 1.50. The van der Waals surface area contributed by atoms with E-state index in [1.165, 1.54) is 27.3 Å². The third-order valence-electron chi connectivity index (χ3n) is 3.70. The summed E-state index contributed by atoms with van der Waals surface area (Å²) in [6, 6.07) is 12.9. The Hall–Kier alpha value is -2.52. The zero-order valence-electron chi connectivity index (χ0n) is 14.3. The Bertz CT molecular complexity index is 1030. The minimum Gasteiger partial charge on any atom is -0.482 e. The summed E-state index contributed by atoms with van der Waals surface area (Å²) in [5.41, 5.74) is 1.33. The minimum atomic E-state index is -1.02. The molecule has 0 aliphatic rings. The Morgan fingerprint density at radius 2 is 2.07 bits per heavy atom. The Morgan fingerprint density at radius 3 is 2.78 bits per heavy atom. The molecule has 0 aliphatic heterocycles. The Kier molecular flexibility index (Phi) is 6.02. The maximum atomic E-state index is 12.6. The van der Waals surface area contributed by atoms with E-state index in [-0.39, 0.29) is 12.3 Å². The number of rotatable bonds is 7. The molecular formula is C18H16BrN3O4S. The van der Waals surface area contributed by atoms with Gasteiger partial charge in [-0.05, 0) is 58.7 Å². The first kappa shape index (κ1) is 19.2. The van der Waals surface area contributed by atoms with Gasteiger partial charge in [0.25, 0.3) is 0 Å². The van der Waals surface area contributed by atoms with Gasteiger partial charge in [-0.15, -0.1) is 11.8 Å². The first-order valence-electron chi connectivity index (χ1n) is 7.93. The smallest absolute Gasteiger partial charge is 0.351 e. The molecule has 3 aromatic rings. The zero-order valence-corrected chi connectivity index (χ0v) is 16.7. The summed E-state index contributed by atoms with van der Waals surface area (Å²) < 4.78 is 8.89. The van der Waals surface area contributed by atoms with Crippen LogP contribution in [-0.2, 0) is 10.7 Å². The lowest BCUT2D eigenvalue weighted by molar-refractivity contribution is -0.139. The molecule has 1 N–H and O–H groups in total. The van der Waals surface area contributed by atoms with Crippen LogP contribution in [0.4, 0.5) is 0 Å². The summed E-state index contributed by atoms with van der Waals surface area (Å²) in [4.78, 5) is 24.1. The summed E-state index contributed by atoms with van der Waals surface area (Å²) in [5.74, 6) is -0.143. The van der Waals surface area contributed by atoms with Gasteiger partial charge in [-0.1, -0.05) is 12.1 Å². The van der Waals surface area contributed by atoms with Gasteiger partial charge in [0, 0.05) is 9.37 Å². The molecule has 3 rings (SSSR count). The molecule has 0 aliphatic carbocycles. The van der Waals surface area contributed by atoms with Crippen molar-refractivity contribution in [1.82, 2.24) is 14.3 Å². The third-order valence-corrected chi connectivity index (χ3v) is 5.33. The number of aromatic nitrogens is 3. The average Bonchev–Trinajstić information content (AvgIpc) is 3.00. The van der Waals surface area contributed by atoms with E-state index in [0.717, 1.165) is 20.6 Å². The second kappa shape index (κ2) is 8.45. The van der Waals surface area contributed by atoms with Crippen LogP contribution in [0.15, 0.2) is 63.0 Å². The Balaban J connectivity index is 1.71. The van der Waals surface area contributed by atoms with Crippen molar-refractivity contribution in [2.75, 3.05) is 6.61 Å². The molecule has 1 heterocycles. The Morgan fingerprint density at radius 1 is 1.30 bits per heavy atom. The number of aryl methyl sites for hydroxylation is 1. The number of carboxylic acid groups (broad SMARTS) is 1. The van der Waals surface area contributed by atoms with Crippen molar-refractivity contribution in [3.05, 3.63) is 69.3 Å². The predicted molar refractivity (Wildman–Crippen MR) is 106 cm³/mol. The van der Waals surface area contributed by atoms with Crippen molar-refractivity contribution in [1.29, 1.82) is 0 Å². The van der Waals surface area contributed by atoms with Gasteiger partial charge >= 0.3 is 11.7 Å². The molecule has 0 spiro atoms. The predicted octanol–water partition coefficient (Wildman–Crippen LogP) is 3.32. The van der Waals surface area contributed by atoms with E-state index < -0.39 is 5.97 Å². The number of hydrogen-bond donors (Lipinski definition) is 1. The zero-order chi connectivity index (χ0) is 19.4. The molecule has 0 bridgehead atoms. The highest BCUT2D eigenvalue weighted by molar-refractivity contribution is 9.10. The average molecular weight is 450 g/mol. The largest absolute Gasteiger partial charge is 0.482 e. The number of nitrogens with zero attached hydrogens (tertiary/aromatic N) is 3. The van der Waals surface area contributed by atoms with E-state index >= 15 is 0 Å². The molecule has 0 atom stereocenters. The molecule has 0 saturated heterocycles. The van der Waals surface area contributed by atoms with Crippen LogP contribution in [0.5, 0.6) is 5.75 Å². The van der Waals surface area contributed by atoms with E-state index in [4.69, 9.17) is 9.84 Å². The SMILES string of the molecule is Cc1cc(SCn2ncn(-c3ccccc3Br)c2=O)ccc1OCC(=O)O. The second-order valence-corrected chi connectivity index (χ2v) is 7.49. The number of ether oxygens (including phenoxy) is 1. The normalized spacial score (nSPS) is 10.7. The molecule has 7 nitrogen and oxygen atoms in total. The van der Waals surface area contributed by atoms with Crippen LogP contribution in [0.1, 0.15) is 5.56 Å². The van der Waals surface area contributed by atoms with Crippen LogP contribution in [0.2, 0.25) is 0 Å². The first-order chi connectivity index (χ1) is 13.0. The molecule has 0 saturated carbocycles. The summed E-state index contributed by atoms with van der Waals surface area (Å²) in [7, 11) is 0. The van der Waals surface area contributed by atoms with Crippen molar-refractivity contribution in [3.8, 4) is 11.4 Å². The van der Waals surface area contributed by atoms with Crippen molar-refractivity contribution >= 4 is 33.7 Å². The standard InChI is InChI=1S/C18H16BrN3O4S/c1-12-8-13(6-7-16(12)26-9-17(23)24)27-11-22-18(25)21(10-20-22)15-5-3-2-4-14(15)19/h2-8,10H,9,11H2,1H3,(H,23,24). The van der Waals surface area contributed by atoms with Gasteiger partial charge in [0.05, 0.1) is 11.6 Å². The topological polar surface area (TPSA) is 86.4 Å². The van der Waals surface area contributed by atoms with Gasteiger partial charge in [-0.3, -0.25) is 0 Å². The highest BCUT2D eigenvalue weighted by atomic mass is 79.9. The minimum absolute atomic E-state index is 0.229. The van der Waals surface area contributed by atoms with Crippen LogP contribution >= 0.6 is 27.7 Å². The molecule has 0 radical (unpaired) electrons. The number of benzene rings is 2. The van der Waals surface area contributed by atoms with E-state index in [9.17, 15) is 9.59 Å². The number of carbonyl (C=O) groups is 1. The van der Waals surface area contributed by atoms with Gasteiger partial charge in [0.2, 0.25) is 0 Å². The van der Waals surface area contributed by atoms with Crippen LogP contribution < -0.4 is 10.4 Å². The highest BCUT2D eigenvalue weighted by Gasteiger charge is 2.10. The van der Waals surface area contributed by atoms with Crippen LogP contribution in [-0.4, -0.2) is 32.0 Å². The quantitative estimate of drug-likeness (QED) is 0.556. The van der Waals surface area contributed by atoms with Crippen LogP contribution in [0, 0.1) is 6.92 Å². The number of halogens is 1. The van der Waals surface area contributed by atoms with Gasteiger partial charge in [-0.25, -0.2) is 18.8 Å². The van der Waals surface area contributed by atoms with Crippen LogP contribution in [0.25, 0.3) is 5.69 Å². The first-order valence-corrected chi connectivity index (χ1v) is 9.71. The second-order valence-electron chi connectivity index (χ2n) is 5.62. The summed E-state index contributed by atoms with van der Waals surface area (Å²) in [6.45, 7) is 1.46. The molecule has 9 heteroatoms. The number of hydrogen-bond acceptors (Lipinski definition) is 5. The fourth-order valence-electron chi connectivity index (χ4n) is 2.39. The lowest BCUT2D eigenvalue weighted by Crippen LogP contribution is -2.23. The van der Waals surface area contributed by atoms with Gasteiger partial charge in [0.1, 0.15) is 12.1 Å². The van der Waals surface area contributed by atoms with Gasteiger partial charge < -0.3 is 9.84 Å². The molecule has 27 heavy (non-hydrogen) atoms. The van der Waals surface area contributed by atoms with Gasteiger partial charge in [0.15, 0.2) is 6.61 Å². The number of thioether (sulfide) groups is 1. The molecule has 2 aromatic carbocycles. The molecular weight excluding hydrogens is 434 g/mol. The third kappa shape index (κ3) is 4.61. The maximum Gasteiger partial charge on any atom is 0.351 e. The number of carboxylic acids is 1. The fourth-order valence-corrected chi connectivity index (χ4v) is 3.74. The van der Waals surface area contributed by atoms with E-state index in [1.807, 2.05) is 43.3 Å². The highest BCUT2D eigenvalue weighted by Crippen LogP contribution is 2.26. The van der Waals surface area contributed by atoms with E-state index in [2.05, 4.69) is 21.0 Å². The van der Waals surface area contributed by atoms with Crippen molar-refractivity contribution in [3.63, 3.8) is 0 Å². The molecule has 0 fully saturated rings. The molecule has 140 valence electrons.